The van der Waals surface area contributed by atoms with Crippen molar-refractivity contribution in [3.63, 3.8) is 0 Å². The van der Waals surface area contributed by atoms with Gasteiger partial charge in [0.05, 0.1) is 11.1 Å². The summed E-state index contributed by atoms with van der Waals surface area (Å²) in [5, 5.41) is 8.62. The van der Waals surface area contributed by atoms with Crippen LogP contribution in [0, 0.1) is 11.3 Å². The Labute approximate surface area is 67.0 Å². The maximum absolute atomic E-state index is 10.7. The number of nitrogens with one attached hydrogen (secondary N) is 1. The number of nitriles is 1. The van der Waals surface area contributed by atoms with Crippen LogP contribution in [0.3, 0.4) is 0 Å². The van der Waals surface area contributed by atoms with Gasteiger partial charge < -0.3 is 4.42 Å². The molecule has 1 N–H and O–H groups in total. The van der Waals surface area contributed by atoms with E-state index in [1.165, 1.54) is 0 Å². The van der Waals surface area contributed by atoms with Gasteiger partial charge in [-0.25, -0.2) is 4.79 Å². The topological polar surface area (TPSA) is 69.8 Å². The van der Waals surface area contributed by atoms with Gasteiger partial charge >= 0.3 is 5.76 Å². The van der Waals surface area contributed by atoms with Crippen molar-refractivity contribution in [2.45, 2.75) is 0 Å². The molecule has 0 atom stereocenters. The first-order valence-electron chi connectivity index (χ1n) is 3.33. The van der Waals surface area contributed by atoms with Crippen molar-refractivity contribution in [2.24, 2.45) is 0 Å². The summed E-state index contributed by atoms with van der Waals surface area (Å²) in [4.78, 5) is 13.2. The summed E-state index contributed by atoms with van der Waals surface area (Å²) in [5.41, 5.74) is 1.25. The zero-order valence-corrected chi connectivity index (χ0v) is 6.00. The van der Waals surface area contributed by atoms with E-state index in [9.17, 15) is 4.79 Å². The fourth-order valence-electron chi connectivity index (χ4n) is 1.06. The van der Waals surface area contributed by atoms with E-state index in [1.807, 2.05) is 6.07 Å². The van der Waals surface area contributed by atoms with Gasteiger partial charge in [-0.05, 0) is 12.1 Å². The van der Waals surface area contributed by atoms with Crippen LogP contribution >= 0.6 is 0 Å². The second-order valence-corrected chi connectivity index (χ2v) is 2.31. The van der Waals surface area contributed by atoms with E-state index in [4.69, 9.17) is 9.68 Å². The van der Waals surface area contributed by atoms with E-state index < -0.39 is 5.76 Å². The fraction of sp³-hybridized carbons (Fsp3) is 0. The van der Waals surface area contributed by atoms with Crippen LogP contribution in [0.5, 0.6) is 0 Å². The Morgan fingerprint density at radius 3 is 3.08 bits per heavy atom. The second kappa shape index (κ2) is 2.24. The fourth-order valence-corrected chi connectivity index (χ4v) is 1.06. The van der Waals surface area contributed by atoms with Crippen molar-refractivity contribution >= 4 is 11.1 Å². The molecule has 0 fully saturated rings. The first-order valence-corrected chi connectivity index (χ1v) is 3.33. The smallest absolute Gasteiger partial charge is 0.406 e. The van der Waals surface area contributed by atoms with Crippen molar-refractivity contribution in [3.05, 3.63) is 34.3 Å². The first kappa shape index (κ1) is 6.68. The molecule has 0 spiro atoms. The molecule has 0 aliphatic rings. The van der Waals surface area contributed by atoms with E-state index in [0.29, 0.717) is 16.7 Å². The highest BCUT2D eigenvalue weighted by Gasteiger charge is 2.04. The van der Waals surface area contributed by atoms with Crippen LogP contribution in [0.4, 0.5) is 0 Å². The predicted octanol–water partition coefficient (Wildman–Crippen LogP) is 0.993. The summed E-state index contributed by atoms with van der Waals surface area (Å²) in [5.74, 6) is -0.535. The molecular weight excluding hydrogens is 156 g/mol. The Morgan fingerprint density at radius 2 is 2.33 bits per heavy atom. The molecule has 0 radical (unpaired) electrons. The highest BCUT2D eigenvalue weighted by molar-refractivity contribution is 5.78. The van der Waals surface area contributed by atoms with Gasteiger partial charge in [0.15, 0.2) is 5.58 Å². The molecule has 0 aliphatic heterocycles. The quantitative estimate of drug-likeness (QED) is 0.624. The number of hydrogen-bond acceptors (Lipinski definition) is 3. The van der Waals surface area contributed by atoms with Gasteiger partial charge in [0.25, 0.3) is 0 Å². The average molecular weight is 160 g/mol. The van der Waals surface area contributed by atoms with E-state index >= 15 is 0 Å². The molecule has 1 aromatic heterocycles. The lowest BCUT2D eigenvalue weighted by Crippen LogP contribution is -1.92. The number of fused-ring (bicyclic) bond motifs is 1. The van der Waals surface area contributed by atoms with Gasteiger partial charge in [-0.15, -0.1) is 0 Å². The number of H-pyrrole nitrogens is 1. The van der Waals surface area contributed by atoms with Crippen molar-refractivity contribution in [1.29, 1.82) is 5.26 Å². The van der Waals surface area contributed by atoms with E-state index in [0.717, 1.165) is 0 Å². The van der Waals surface area contributed by atoms with Crippen molar-refractivity contribution < 1.29 is 4.42 Å². The van der Waals surface area contributed by atoms with Gasteiger partial charge in [0.1, 0.15) is 6.07 Å². The third kappa shape index (κ3) is 0.805. The zero-order valence-electron chi connectivity index (χ0n) is 6.00. The molecule has 58 valence electrons. The molecule has 0 saturated heterocycles. The lowest BCUT2D eigenvalue weighted by molar-refractivity contribution is 0.554. The standard InChI is InChI=1S/C8H4N2O2/c9-4-5-2-1-3-6-7(5)12-8(11)10-6/h1-3H,(H,10,11). The van der Waals surface area contributed by atoms with Crippen molar-refractivity contribution in [2.75, 3.05) is 0 Å². The number of oxazole rings is 1. The zero-order chi connectivity index (χ0) is 8.55. The predicted molar refractivity (Wildman–Crippen MR) is 41.5 cm³/mol. The third-order valence-corrected chi connectivity index (χ3v) is 1.57. The van der Waals surface area contributed by atoms with Gasteiger partial charge in [-0.3, -0.25) is 4.98 Å². The number of para-hydroxylation sites is 1. The molecule has 12 heavy (non-hydrogen) atoms. The molecule has 4 heteroatoms. The number of nitrogens with zero attached hydrogens (tertiary/aromatic N) is 1. The number of rotatable bonds is 0. The minimum atomic E-state index is -0.535. The molecular formula is C8H4N2O2. The summed E-state index contributed by atoms with van der Waals surface area (Å²) in [7, 11) is 0. The Kier molecular flexibility index (Phi) is 1.25. The maximum Gasteiger partial charge on any atom is 0.417 e. The Balaban J connectivity index is 2.99. The van der Waals surface area contributed by atoms with Crippen LogP contribution < -0.4 is 5.76 Å². The van der Waals surface area contributed by atoms with E-state index in [2.05, 4.69) is 4.98 Å². The average Bonchev–Trinajstić information content (AvgIpc) is 2.44. The van der Waals surface area contributed by atoms with Crippen LogP contribution in [0.25, 0.3) is 11.1 Å². The summed E-state index contributed by atoms with van der Waals surface area (Å²) < 4.78 is 4.76. The minimum absolute atomic E-state index is 0.324. The monoisotopic (exact) mass is 160 g/mol. The largest absolute Gasteiger partial charge is 0.417 e. The Hall–Kier alpha value is -2.02. The third-order valence-electron chi connectivity index (χ3n) is 1.57. The van der Waals surface area contributed by atoms with Gasteiger partial charge in [0.2, 0.25) is 0 Å². The summed E-state index contributed by atoms with van der Waals surface area (Å²) in [6, 6.07) is 6.90. The van der Waals surface area contributed by atoms with Crippen molar-refractivity contribution in [1.82, 2.24) is 4.98 Å². The molecule has 2 aromatic rings. The molecule has 0 bridgehead atoms. The Bertz CT molecular complexity index is 516. The SMILES string of the molecule is N#Cc1cccc2[nH]c(=O)oc12. The molecule has 2 rings (SSSR count). The first-order chi connectivity index (χ1) is 5.81. The maximum atomic E-state index is 10.7. The van der Waals surface area contributed by atoms with Gasteiger partial charge in [0, 0.05) is 0 Å². The molecule has 1 aromatic carbocycles. The second-order valence-electron chi connectivity index (χ2n) is 2.31. The number of benzene rings is 1. The molecule has 4 nitrogen and oxygen atoms in total. The Morgan fingerprint density at radius 1 is 1.50 bits per heavy atom. The van der Waals surface area contributed by atoms with Crippen LogP contribution in [-0.4, -0.2) is 4.98 Å². The lowest BCUT2D eigenvalue weighted by Gasteiger charge is -1.86. The number of aromatic nitrogens is 1. The number of hydrogen-bond donors (Lipinski definition) is 1. The molecule has 0 aliphatic carbocycles. The summed E-state index contributed by atoms with van der Waals surface area (Å²) >= 11 is 0. The lowest BCUT2D eigenvalue weighted by atomic mass is 10.2. The minimum Gasteiger partial charge on any atom is -0.406 e. The van der Waals surface area contributed by atoms with E-state index in [1.54, 1.807) is 18.2 Å². The van der Waals surface area contributed by atoms with Crippen LogP contribution in [0.2, 0.25) is 0 Å². The normalized spacial score (nSPS) is 9.92. The summed E-state index contributed by atoms with van der Waals surface area (Å²) in [6.45, 7) is 0. The van der Waals surface area contributed by atoms with Gasteiger partial charge in [-0.1, -0.05) is 6.07 Å². The molecule has 0 amide bonds. The van der Waals surface area contributed by atoms with Crippen LogP contribution in [0.1, 0.15) is 5.56 Å². The van der Waals surface area contributed by atoms with Crippen LogP contribution in [0.15, 0.2) is 27.4 Å². The number of aromatic amines is 1. The van der Waals surface area contributed by atoms with Crippen molar-refractivity contribution in [3.8, 4) is 6.07 Å². The van der Waals surface area contributed by atoms with Crippen LogP contribution in [-0.2, 0) is 0 Å². The van der Waals surface area contributed by atoms with Gasteiger partial charge in [-0.2, -0.15) is 5.26 Å². The molecule has 0 saturated carbocycles. The molecule has 1 heterocycles. The highest BCUT2D eigenvalue weighted by atomic mass is 16.4. The summed E-state index contributed by atoms with van der Waals surface area (Å²) in [6.07, 6.45) is 0. The molecule has 0 unspecified atom stereocenters. The van der Waals surface area contributed by atoms with E-state index in [-0.39, 0.29) is 0 Å². The highest BCUT2D eigenvalue weighted by Crippen LogP contribution is 2.13.